The van der Waals surface area contributed by atoms with Crippen molar-refractivity contribution >= 4 is 34.0 Å². The van der Waals surface area contributed by atoms with Crippen LogP contribution >= 0.6 is 11.6 Å². The van der Waals surface area contributed by atoms with Gasteiger partial charge >= 0.3 is 5.69 Å². The first-order valence-corrected chi connectivity index (χ1v) is 10.1. The average Bonchev–Trinajstić information content (AvgIpc) is 3.25. The predicted molar refractivity (Wildman–Crippen MR) is 122 cm³/mol. The molecule has 0 atom stereocenters. The number of nitrogens with zero attached hydrogens (tertiary/aromatic N) is 4. The lowest BCUT2D eigenvalue weighted by atomic mass is 9.97. The maximum atomic E-state index is 13.5. The SMILES string of the molecule is O=C(Cl)c1nn(-c2ccc([N+](=O)[O-])cc2[N+](=O)[O-])c(-c2ccccc2)c1C(=O)c1ccccc1. The summed E-state index contributed by atoms with van der Waals surface area (Å²) in [7, 11) is 0. The molecule has 0 amide bonds. The molecule has 0 fully saturated rings. The summed E-state index contributed by atoms with van der Waals surface area (Å²) in [5.41, 5.74) is -1.12. The van der Waals surface area contributed by atoms with E-state index in [1.54, 1.807) is 60.7 Å². The van der Waals surface area contributed by atoms with Gasteiger partial charge < -0.3 is 0 Å². The van der Waals surface area contributed by atoms with Crippen LogP contribution in [-0.4, -0.2) is 30.7 Å². The summed E-state index contributed by atoms with van der Waals surface area (Å²) < 4.78 is 1.04. The summed E-state index contributed by atoms with van der Waals surface area (Å²) >= 11 is 5.78. The van der Waals surface area contributed by atoms with Crippen molar-refractivity contribution in [2.45, 2.75) is 0 Å². The Morgan fingerprint density at radius 1 is 0.853 bits per heavy atom. The summed E-state index contributed by atoms with van der Waals surface area (Å²) in [6, 6.07) is 19.4. The number of nitro groups is 2. The molecule has 0 aliphatic rings. The van der Waals surface area contributed by atoms with Gasteiger partial charge in [0.2, 0.25) is 0 Å². The third kappa shape index (κ3) is 4.05. The van der Waals surface area contributed by atoms with Crippen LogP contribution < -0.4 is 0 Å². The number of ketones is 1. The van der Waals surface area contributed by atoms with Crippen molar-refractivity contribution in [2.24, 2.45) is 0 Å². The quantitative estimate of drug-likeness (QED) is 0.159. The van der Waals surface area contributed by atoms with E-state index < -0.39 is 37.9 Å². The fourth-order valence-electron chi connectivity index (χ4n) is 3.49. The number of benzene rings is 3. The Kier molecular flexibility index (Phi) is 5.98. The Labute approximate surface area is 196 Å². The van der Waals surface area contributed by atoms with E-state index in [0.717, 1.165) is 22.9 Å². The van der Waals surface area contributed by atoms with E-state index in [1.165, 1.54) is 0 Å². The van der Waals surface area contributed by atoms with Crippen LogP contribution in [0, 0.1) is 20.2 Å². The van der Waals surface area contributed by atoms with Crippen molar-refractivity contribution in [2.75, 3.05) is 0 Å². The van der Waals surface area contributed by atoms with Crippen molar-refractivity contribution < 1.29 is 19.4 Å². The average molecular weight is 477 g/mol. The fourth-order valence-corrected chi connectivity index (χ4v) is 3.62. The molecular weight excluding hydrogens is 464 g/mol. The number of halogens is 1. The van der Waals surface area contributed by atoms with Crippen molar-refractivity contribution in [3.63, 3.8) is 0 Å². The second-order valence-corrected chi connectivity index (χ2v) is 7.35. The van der Waals surface area contributed by atoms with Crippen molar-refractivity contribution in [3.8, 4) is 16.9 Å². The van der Waals surface area contributed by atoms with E-state index in [4.69, 9.17) is 11.6 Å². The Hall–Kier alpha value is -4.70. The van der Waals surface area contributed by atoms with Crippen molar-refractivity contribution in [1.82, 2.24) is 9.78 Å². The van der Waals surface area contributed by atoms with Gasteiger partial charge in [0.25, 0.3) is 10.9 Å². The van der Waals surface area contributed by atoms with Gasteiger partial charge in [-0.1, -0.05) is 60.7 Å². The number of carbonyl (C=O) groups excluding carboxylic acids is 2. The molecule has 1 heterocycles. The van der Waals surface area contributed by atoms with Gasteiger partial charge in [0, 0.05) is 17.2 Å². The molecular formula is C23H13ClN4O6. The molecule has 0 unspecified atom stereocenters. The summed E-state index contributed by atoms with van der Waals surface area (Å²) in [6.07, 6.45) is 0. The number of hydrogen-bond donors (Lipinski definition) is 0. The summed E-state index contributed by atoms with van der Waals surface area (Å²) in [5.74, 6) is -0.570. The molecule has 0 spiro atoms. The topological polar surface area (TPSA) is 138 Å². The molecule has 0 radical (unpaired) electrons. The minimum Gasteiger partial charge on any atom is -0.288 e. The Morgan fingerprint density at radius 3 is 2.03 bits per heavy atom. The highest BCUT2D eigenvalue weighted by molar-refractivity contribution is 6.68. The summed E-state index contributed by atoms with van der Waals surface area (Å²) in [6.45, 7) is 0. The maximum absolute atomic E-state index is 13.5. The first kappa shape index (κ1) is 22.5. The van der Waals surface area contributed by atoms with E-state index in [1.807, 2.05) is 0 Å². The highest BCUT2D eigenvalue weighted by atomic mass is 35.5. The molecule has 11 heteroatoms. The monoisotopic (exact) mass is 476 g/mol. The van der Waals surface area contributed by atoms with Crippen LogP contribution in [0.1, 0.15) is 26.4 Å². The lowest BCUT2D eigenvalue weighted by Gasteiger charge is -2.10. The molecule has 0 bridgehead atoms. The van der Waals surface area contributed by atoms with Crippen LogP contribution in [0.4, 0.5) is 11.4 Å². The van der Waals surface area contributed by atoms with Crippen LogP contribution in [0.2, 0.25) is 0 Å². The predicted octanol–water partition coefficient (Wildman–Crippen LogP) is 4.97. The molecule has 0 N–H and O–H groups in total. The molecule has 1 aromatic heterocycles. The zero-order valence-electron chi connectivity index (χ0n) is 17.1. The highest BCUT2D eigenvalue weighted by Crippen LogP contribution is 2.36. The lowest BCUT2D eigenvalue weighted by Crippen LogP contribution is -2.08. The largest absolute Gasteiger partial charge is 0.301 e. The van der Waals surface area contributed by atoms with Crippen molar-refractivity contribution in [1.29, 1.82) is 0 Å². The van der Waals surface area contributed by atoms with Gasteiger partial charge in [0.05, 0.1) is 27.2 Å². The molecule has 10 nitrogen and oxygen atoms in total. The molecule has 0 aliphatic heterocycles. The number of aromatic nitrogens is 2. The minimum absolute atomic E-state index is 0.0791. The number of non-ortho nitro benzene ring substituents is 1. The van der Waals surface area contributed by atoms with Gasteiger partial charge in [-0.15, -0.1) is 0 Å². The molecule has 34 heavy (non-hydrogen) atoms. The highest BCUT2D eigenvalue weighted by Gasteiger charge is 2.32. The van der Waals surface area contributed by atoms with E-state index in [9.17, 15) is 29.8 Å². The van der Waals surface area contributed by atoms with Gasteiger partial charge in [-0.25, -0.2) is 4.68 Å². The second kappa shape index (κ2) is 9.04. The Balaban J connectivity index is 2.10. The third-order valence-electron chi connectivity index (χ3n) is 4.98. The maximum Gasteiger partial charge on any atom is 0.301 e. The standard InChI is InChI=1S/C23H13ClN4O6/c24-23(30)20-19(22(29)15-9-5-2-6-10-15)21(14-7-3-1-4-8-14)26(25-20)17-12-11-16(27(31)32)13-18(17)28(33)34/h1-13H. The molecule has 3 aromatic carbocycles. The Morgan fingerprint density at radius 2 is 1.47 bits per heavy atom. The molecule has 4 rings (SSSR count). The molecule has 4 aromatic rings. The number of carbonyl (C=O) groups is 2. The third-order valence-corrected chi connectivity index (χ3v) is 5.16. The van der Waals surface area contributed by atoms with Gasteiger partial charge in [0.1, 0.15) is 5.69 Å². The normalized spacial score (nSPS) is 10.6. The van der Waals surface area contributed by atoms with E-state index in [2.05, 4.69) is 5.10 Å². The van der Waals surface area contributed by atoms with Crippen LogP contribution in [0.25, 0.3) is 16.9 Å². The first-order chi connectivity index (χ1) is 16.3. The van der Waals surface area contributed by atoms with Gasteiger partial charge in [-0.05, 0) is 17.7 Å². The zero-order valence-corrected chi connectivity index (χ0v) is 17.9. The summed E-state index contributed by atoms with van der Waals surface area (Å²) in [5, 5.41) is 26.1. The number of rotatable bonds is 7. The van der Waals surface area contributed by atoms with Crippen LogP contribution in [0.5, 0.6) is 0 Å². The van der Waals surface area contributed by atoms with Gasteiger partial charge in [-0.2, -0.15) is 5.10 Å². The Bertz CT molecular complexity index is 1450. The van der Waals surface area contributed by atoms with Crippen LogP contribution in [0.15, 0.2) is 78.9 Å². The second-order valence-electron chi connectivity index (χ2n) is 7.01. The number of nitro benzene ring substituents is 2. The molecule has 0 saturated heterocycles. The smallest absolute Gasteiger partial charge is 0.288 e. The number of hydrogen-bond acceptors (Lipinski definition) is 7. The molecule has 0 saturated carbocycles. The molecule has 168 valence electrons. The van der Waals surface area contributed by atoms with E-state index in [-0.39, 0.29) is 22.5 Å². The van der Waals surface area contributed by atoms with E-state index >= 15 is 0 Å². The first-order valence-electron chi connectivity index (χ1n) is 9.70. The van der Waals surface area contributed by atoms with E-state index in [0.29, 0.717) is 5.56 Å². The fraction of sp³-hybridized carbons (Fsp3) is 0. The van der Waals surface area contributed by atoms with Gasteiger partial charge in [0.15, 0.2) is 11.5 Å². The van der Waals surface area contributed by atoms with Crippen LogP contribution in [-0.2, 0) is 0 Å². The van der Waals surface area contributed by atoms with Crippen molar-refractivity contribution in [3.05, 3.63) is 116 Å². The van der Waals surface area contributed by atoms with Gasteiger partial charge in [-0.3, -0.25) is 29.8 Å². The zero-order chi connectivity index (χ0) is 24.4. The minimum atomic E-state index is -1.04. The lowest BCUT2D eigenvalue weighted by molar-refractivity contribution is -0.394. The summed E-state index contributed by atoms with van der Waals surface area (Å²) in [4.78, 5) is 47.2. The molecule has 0 aliphatic carbocycles. The van der Waals surface area contributed by atoms with Crippen LogP contribution in [0.3, 0.4) is 0 Å².